The maximum atomic E-state index is 13.7. The number of aromatic nitrogens is 2. The fourth-order valence-electron chi connectivity index (χ4n) is 2.56. The Hall–Kier alpha value is -4.74. The summed E-state index contributed by atoms with van der Waals surface area (Å²) in [5.74, 6) is -2.77. The fourth-order valence-corrected chi connectivity index (χ4v) is 2.56. The Bertz CT molecular complexity index is 1150. The summed E-state index contributed by atoms with van der Waals surface area (Å²) in [5, 5.41) is 2.46. The summed E-state index contributed by atoms with van der Waals surface area (Å²) in [7, 11) is 0. The van der Waals surface area contributed by atoms with Crippen molar-refractivity contribution in [2.45, 2.75) is 13.1 Å². The van der Waals surface area contributed by atoms with E-state index in [-0.39, 0.29) is 24.3 Å². The van der Waals surface area contributed by atoms with Gasteiger partial charge >= 0.3 is 0 Å². The molecule has 1 heterocycles. The molecular weight excluding hydrogens is 427 g/mol. The van der Waals surface area contributed by atoms with Gasteiger partial charge in [-0.1, -0.05) is 60.7 Å². The van der Waals surface area contributed by atoms with Crippen molar-refractivity contribution in [1.82, 2.24) is 26.1 Å². The first-order valence-corrected chi connectivity index (χ1v) is 9.76. The molecule has 0 spiro atoms. The van der Waals surface area contributed by atoms with E-state index in [1.165, 1.54) is 0 Å². The number of nitrogen functional groups attached to an aromatic ring is 2. The number of nitrogens with two attached hydrogens (primary N) is 3. The van der Waals surface area contributed by atoms with Crippen LogP contribution in [-0.2, 0) is 13.1 Å². The van der Waals surface area contributed by atoms with Crippen molar-refractivity contribution in [2.75, 3.05) is 11.5 Å². The summed E-state index contributed by atoms with van der Waals surface area (Å²) in [6.07, 6.45) is 0. The van der Waals surface area contributed by atoms with Crippen LogP contribution in [0.2, 0.25) is 0 Å². The number of carbonyl (C=O) groups excluding carboxylic acids is 1. The highest BCUT2D eigenvalue weighted by Gasteiger charge is 2.18. The molecule has 0 aliphatic carbocycles. The molecule has 1 amide bonds. The first kappa shape index (κ1) is 22.9. The van der Waals surface area contributed by atoms with E-state index in [1.54, 1.807) is 0 Å². The minimum absolute atomic E-state index is 0.0276. The summed E-state index contributed by atoms with van der Waals surface area (Å²) in [4.78, 5) is 28.1. The molecule has 0 radical (unpaired) electrons. The van der Waals surface area contributed by atoms with Crippen LogP contribution < -0.4 is 33.4 Å². The summed E-state index contributed by atoms with van der Waals surface area (Å²) < 4.78 is 13.7. The second-order valence-corrected chi connectivity index (χ2v) is 6.68. The highest BCUT2D eigenvalue weighted by atomic mass is 19.1. The van der Waals surface area contributed by atoms with Gasteiger partial charge in [0.25, 0.3) is 11.9 Å². The topological polar surface area (TPSA) is 182 Å². The molecule has 2 aromatic carbocycles. The van der Waals surface area contributed by atoms with Crippen LogP contribution in [0.4, 0.5) is 16.0 Å². The summed E-state index contributed by atoms with van der Waals surface area (Å²) in [6.45, 7) is 0.574. The molecule has 11 nitrogen and oxygen atoms in total. The van der Waals surface area contributed by atoms with Gasteiger partial charge < -0.3 is 17.2 Å². The van der Waals surface area contributed by atoms with Crippen LogP contribution in [0.1, 0.15) is 21.6 Å². The van der Waals surface area contributed by atoms with Gasteiger partial charge in [-0.05, 0) is 11.1 Å². The normalized spacial score (nSPS) is 11.7. The predicted octanol–water partition coefficient (Wildman–Crippen LogP) is 0.675. The molecule has 0 aliphatic heterocycles. The highest BCUT2D eigenvalue weighted by Crippen LogP contribution is 2.11. The Morgan fingerprint density at radius 1 is 0.848 bits per heavy atom. The maximum absolute atomic E-state index is 13.7. The van der Waals surface area contributed by atoms with E-state index in [1.807, 2.05) is 60.7 Å². The molecule has 0 aliphatic rings. The lowest BCUT2D eigenvalue weighted by Gasteiger charge is -2.13. The second-order valence-electron chi connectivity index (χ2n) is 6.68. The molecule has 33 heavy (non-hydrogen) atoms. The molecule has 0 saturated carbocycles. The van der Waals surface area contributed by atoms with Gasteiger partial charge in [-0.2, -0.15) is 4.39 Å². The Morgan fingerprint density at radius 3 is 2.03 bits per heavy atom. The van der Waals surface area contributed by atoms with E-state index in [0.717, 1.165) is 11.1 Å². The van der Waals surface area contributed by atoms with E-state index < -0.39 is 23.4 Å². The number of amides is 1. The first-order chi connectivity index (χ1) is 15.9. The van der Waals surface area contributed by atoms with Crippen molar-refractivity contribution in [3.8, 4) is 0 Å². The molecule has 3 rings (SSSR count). The molecular formula is C21H23FN10O. The van der Waals surface area contributed by atoms with Crippen LogP contribution in [0.5, 0.6) is 0 Å². The average Bonchev–Trinajstić information content (AvgIpc) is 2.83. The smallest absolute Gasteiger partial charge is 0.280 e. The molecule has 3 aromatic rings. The number of hydrogen-bond acceptors (Lipinski definition) is 7. The lowest BCUT2D eigenvalue weighted by atomic mass is 10.2. The number of rotatable bonds is 5. The summed E-state index contributed by atoms with van der Waals surface area (Å²) in [5.41, 5.74) is 23.6. The monoisotopic (exact) mass is 450 g/mol. The summed E-state index contributed by atoms with van der Waals surface area (Å²) in [6, 6.07) is 18.8. The number of carbonyl (C=O) groups is 1. The second kappa shape index (κ2) is 11.0. The number of benzene rings is 2. The molecule has 0 unspecified atom stereocenters. The van der Waals surface area contributed by atoms with Gasteiger partial charge in [0.05, 0.1) is 13.1 Å². The minimum Gasteiger partial charge on any atom is -0.382 e. The molecule has 0 atom stereocenters. The van der Waals surface area contributed by atoms with Gasteiger partial charge in [0.1, 0.15) is 0 Å². The number of guanidine groups is 2. The Morgan fingerprint density at radius 2 is 1.42 bits per heavy atom. The van der Waals surface area contributed by atoms with Gasteiger partial charge in [-0.3, -0.25) is 21.0 Å². The van der Waals surface area contributed by atoms with Crippen LogP contribution in [0.3, 0.4) is 0 Å². The van der Waals surface area contributed by atoms with Crippen molar-refractivity contribution in [1.29, 1.82) is 0 Å². The molecule has 9 N–H and O–H groups in total. The van der Waals surface area contributed by atoms with E-state index in [9.17, 15) is 9.18 Å². The number of aliphatic imine (C=N–C) groups is 2. The number of hydrogen-bond donors (Lipinski definition) is 6. The molecule has 12 heteroatoms. The van der Waals surface area contributed by atoms with Crippen LogP contribution >= 0.6 is 0 Å². The Labute approximate surface area is 189 Å². The Balaban J connectivity index is 1.72. The van der Waals surface area contributed by atoms with E-state index in [0.29, 0.717) is 6.54 Å². The van der Waals surface area contributed by atoms with Gasteiger partial charge in [-0.25, -0.2) is 20.0 Å². The largest absolute Gasteiger partial charge is 0.382 e. The van der Waals surface area contributed by atoms with Crippen molar-refractivity contribution in [2.24, 2.45) is 15.7 Å². The molecule has 1 aromatic heterocycles. The minimum atomic E-state index is -1.11. The molecule has 0 fully saturated rings. The molecule has 0 bridgehead atoms. The zero-order valence-electron chi connectivity index (χ0n) is 17.5. The number of anilines is 2. The van der Waals surface area contributed by atoms with Gasteiger partial charge in [0.15, 0.2) is 17.3 Å². The maximum Gasteiger partial charge on any atom is 0.280 e. The van der Waals surface area contributed by atoms with Crippen molar-refractivity contribution < 1.29 is 9.18 Å². The third-order valence-corrected chi connectivity index (χ3v) is 4.20. The third-order valence-electron chi connectivity index (χ3n) is 4.20. The van der Waals surface area contributed by atoms with Crippen LogP contribution in [0.25, 0.3) is 0 Å². The van der Waals surface area contributed by atoms with Crippen molar-refractivity contribution in [3.63, 3.8) is 0 Å². The number of nitrogens with zero attached hydrogens (tertiary/aromatic N) is 4. The lowest BCUT2D eigenvalue weighted by molar-refractivity contribution is 0.0970. The number of hydrazine groups is 1. The van der Waals surface area contributed by atoms with Gasteiger partial charge in [-0.15, -0.1) is 0 Å². The van der Waals surface area contributed by atoms with E-state index >= 15 is 0 Å². The van der Waals surface area contributed by atoms with Crippen LogP contribution in [0.15, 0.2) is 70.6 Å². The van der Waals surface area contributed by atoms with Crippen LogP contribution in [-0.4, -0.2) is 27.8 Å². The molecule has 0 saturated heterocycles. The average molecular weight is 450 g/mol. The highest BCUT2D eigenvalue weighted by molar-refractivity contribution is 6.07. The van der Waals surface area contributed by atoms with Crippen molar-refractivity contribution >= 4 is 29.5 Å². The quantitative estimate of drug-likeness (QED) is 0.186. The third kappa shape index (κ3) is 6.89. The Kier molecular flexibility index (Phi) is 7.67. The van der Waals surface area contributed by atoms with Crippen LogP contribution in [0, 0.1) is 5.95 Å². The predicted molar refractivity (Wildman–Crippen MR) is 124 cm³/mol. The summed E-state index contributed by atoms with van der Waals surface area (Å²) >= 11 is 0. The van der Waals surface area contributed by atoms with Gasteiger partial charge in [0.2, 0.25) is 11.9 Å². The zero-order valence-corrected chi connectivity index (χ0v) is 17.5. The SMILES string of the molecule is NC(=NCc1ccccc1)NNC(=NCc1ccccc1)NC(=O)c1nc(F)c(N)nc1N. The van der Waals surface area contributed by atoms with E-state index in [2.05, 4.69) is 36.1 Å². The van der Waals surface area contributed by atoms with E-state index in [4.69, 9.17) is 17.2 Å². The lowest BCUT2D eigenvalue weighted by Crippen LogP contribution is -2.52. The first-order valence-electron chi connectivity index (χ1n) is 9.76. The molecule has 170 valence electrons. The zero-order chi connectivity index (χ0) is 23.6. The fraction of sp³-hybridized carbons (Fsp3) is 0.0952. The van der Waals surface area contributed by atoms with Crippen molar-refractivity contribution in [3.05, 3.63) is 83.4 Å². The number of nitrogens with one attached hydrogen (secondary N) is 3. The van der Waals surface area contributed by atoms with Gasteiger partial charge in [0, 0.05) is 0 Å². The number of halogens is 1. The standard InChI is InChI=1S/C21H23FN10O/c22-16-18(24)29-17(23)15(28-16)19(33)30-21(27-12-14-9-5-2-6-10-14)32-31-20(25)26-11-13-7-3-1-4-8-13/h1-10H,11-12H2,(H4,23,24,29)(H3,25,26,31)(H2,27,30,32,33).